The number of carbonyl (C=O) groups is 1. The van der Waals surface area contributed by atoms with E-state index < -0.39 is 0 Å². The standard InChI is InChI=1S/C12H15FN2O/c1-8-4-5-9(7-10(8)13)15-12(16)11-3-2-6-14-11/h4-5,7,11,14H,2-3,6H2,1H3,(H,15,16)/t11-/m0/s1. The predicted molar refractivity (Wildman–Crippen MR) is 60.8 cm³/mol. The Balaban J connectivity index is 2.02. The lowest BCUT2D eigenvalue weighted by Gasteiger charge is -2.11. The maximum Gasteiger partial charge on any atom is 0.241 e. The summed E-state index contributed by atoms with van der Waals surface area (Å²) in [5.41, 5.74) is 1.10. The molecule has 0 aliphatic carbocycles. The number of amides is 1. The van der Waals surface area contributed by atoms with Gasteiger partial charge in [0.2, 0.25) is 5.91 Å². The van der Waals surface area contributed by atoms with Crippen molar-refractivity contribution in [3.63, 3.8) is 0 Å². The Labute approximate surface area is 94.0 Å². The van der Waals surface area contributed by atoms with E-state index >= 15 is 0 Å². The van der Waals surface area contributed by atoms with E-state index in [0.29, 0.717) is 11.3 Å². The summed E-state index contributed by atoms with van der Waals surface area (Å²) < 4.78 is 13.2. The average molecular weight is 222 g/mol. The Bertz CT molecular complexity index is 400. The molecule has 1 aromatic carbocycles. The number of aryl methyl sites for hydroxylation is 1. The van der Waals surface area contributed by atoms with Gasteiger partial charge in [-0.05, 0) is 44.0 Å². The van der Waals surface area contributed by atoms with Crippen molar-refractivity contribution in [3.8, 4) is 0 Å². The molecule has 1 heterocycles. The minimum absolute atomic E-state index is 0.0826. The van der Waals surface area contributed by atoms with Gasteiger partial charge in [0, 0.05) is 5.69 Å². The normalized spacial score (nSPS) is 19.8. The average Bonchev–Trinajstić information content (AvgIpc) is 2.77. The molecule has 1 aromatic rings. The van der Waals surface area contributed by atoms with Gasteiger partial charge in [-0.25, -0.2) is 4.39 Å². The van der Waals surface area contributed by atoms with Crippen molar-refractivity contribution in [2.75, 3.05) is 11.9 Å². The highest BCUT2D eigenvalue weighted by Crippen LogP contribution is 2.15. The molecule has 2 N–H and O–H groups in total. The fourth-order valence-corrected chi connectivity index (χ4v) is 1.81. The quantitative estimate of drug-likeness (QED) is 0.801. The molecule has 1 amide bonds. The number of benzene rings is 1. The molecule has 0 radical (unpaired) electrons. The first-order chi connectivity index (χ1) is 7.66. The number of rotatable bonds is 2. The lowest BCUT2D eigenvalue weighted by Crippen LogP contribution is -2.35. The van der Waals surface area contributed by atoms with Crippen LogP contribution in [0.25, 0.3) is 0 Å². The van der Waals surface area contributed by atoms with Crippen LogP contribution in [0.1, 0.15) is 18.4 Å². The summed E-state index contributed by atoms with van der Waals surface area (Å²) in [7, 11) is 0. The van der Waals surface area contributed by atoms with Gasteiger partial charge in [0.15, 0.2) is 0 Å². The molecule has 0 bridgehead atoms. The Kier molecular flexibility index (Phi) is 3.19. The molecule has 0 saturated carbocycles. The third-order valence-corrected chi connectivity index (χ3v) is 2.82. The number of hydrogen-bond donors (Lipinski definition) is 2. The van der Waals surface area contributed by atoms with Crippen molar-refractivity contribution in [2.45, 2.75) is 25.8 Å². The highest BCUT2D eigenvalue weighted by atomic mass is 19.1. The Hall–Kier alpha value is -1.42. The summed E-state index contributed by atoms with van der Waals surface area (Å²) in [5, 5.41) is 5.81. The van der Waals surface area contributed by atoms with Crippen molar-refractivity contribution < 1.29 is 9.18 Å². The Morgan fingerprint density at radius 3 is 3.00 bits per heavy atom. The zero-order valence-corrected chi connectivity index (χ0v) is 9.22. The van der Waals surface area contributed by atoms with Gasteiger partial charge >= 0.3 is 0 Å². The summed E-state index contributed by atoms with van der Waals surface area (Å²) in [5.74, 6) is -0.377. The molecule has 3 nitrogen and oxygen atoms in total. The minimum atomic E-state index is -0.294. The molecule has 1 saturated heterocycles. The number of carbonyl (C=O) groups excluding carboxylic acids is 1. The molecule has 0 unspecified atom stereocenters. The SMILES string of the molecule is Cc1ccc(NC(=O)[C@@H]2CCCN2)cc1F. The van der Waals surface area contributed by atoms with E-state index in [4.69, 9.17) is 0 Å². The summed E-state index contributed by atoms with van der Waals surface area (Å²) in [4.78, 5) is 11.7. The molecule has 0 spiro atoms. The Morgan fingerprint density at radius 2 is 2.38 bits per heavy atom. The molecule has 1 aliphatic heterocycles. The van der Waals surface area contributed by atoms with Gasteiger partial charge in [-0.3, -0.25) is 4.79 Å². The van der Waals surface area contributed by atoms with Crippen LogP contribution in [-0.4, -0.2) is 18.5 Å². The molecule has 2 rings (SSSR count). The fourth-order valence-electron chi connectivity index (χ4n) is 1.81. The maximum atomic E-state index is 13.2. The van der Waals surface area contributed by atoms with Gasteiger partial charge in [-0.15, -0.1) is 0 Å². The van der Waals surface area contributed by atoms with E-state index in [1.54, 1.807) is 19.1 Å². The number of anilines is 1. The molecular formula is C12H15FN2O. The zero-order valence-electron chi connectivity index (χ0n) is 9.22. The van der Waals surface area contributed by atoms with Crippen LogP contribution in [-0.2, 0) is 4.79 Å². The second-order valence-electron chi connectivity index (χ2n) is 4.10. The van der Waals surface area contributed by atoms with E-state index in [1.807, 2.05) is 0 Å². The highest BCUT2D eigenvalue weighted by Gasteiger charge is 2.21. The van der Waals surface area contributed by atoms with Crippen LogP contribution in [0.15, 0.2) is 18.2 Å². The van der Waals surface area contributed by atoms with E-state index in [1.165, 1.54) is 6.07 Å². The monoisotopic (exact) mass is 222 g/mol. The van der Waals surface area contributed by atoms with Gasteiger partial charge in [-0.2, -0.15) is 0 Å². The first kappa shape index (κ1) is 11.1. The molecule has 1 aliphatic rings. The van der Waals surface area contributed by atoms with E-state index in [9.17, 15) is 9.18 Å². The van der Waals surface area contributed by atoms with Gasteiger partial charge < -0.3 is 10.6 Å². The number of halogens is 1. The summed E-state index contributed by atoms with van der Waals surface area (Å²) >= 11 is 0. The van der Waals surface area contributed by atoms with E-state index in [2.05, 4.69) is 10.6 Å². The largest absolute Gasteiger partial charge is 0.325 e. The third-order valence-electron chi connectivity index (χ3n) is 2.82. The van der Waals surface area contributed by atoms with Crippen LogP contribution < -0.4 is 10.6 Å². The molecule has 0 aromatic heterocycles. The number of hydrogen-bond acceptors (Lipinski definition) is 2. The Morgan fingerprint density at radius 1 is 1.56 bits per heavy atom. The van der Waals surface area contributed by atoms with Crippen molar-refractivity contribution in [1.82, 2.24) is 5.32 Å². The van der Waals surface area contributed by atoms with Crippen LogP contribution in [0, 0.1) is 12.7 Å². The highest BCUT2D eigenvalue weighted by molar-refractivity contribution is 5.95. The summed E-state index contributed by atoms with van der Waals surface area (Å²) in [6.07, 6.45) is 1.86. The maximum absolute atomic E-state index is 13.2. The van der Waals surface area contributed by atoms with Crippen molar-refractivity contribution in [2.24, 2.45) is 0 Å². The molecular weight excluding hydrogens is 207 g/mol. The molecule has 86 valence electrons. The van der Waals surface area contributed by atoms with Gasteiger partial charge in [0.25, 0.3) is 0 Å². The fraction of sp³-hybridized carbons (Fsp3) is 0.417. The lowest BCUT2D eigenvalue weighted by atomic mass is 10.2. The van der Waals surface area contributed by atoms with Crippen LogP contribution in [0.3, 0.4) is 0 Å². The summed E-state index contributed by atoms with van der Waals surface area (Å²) in [6, 6.07) is 4.59. The predicted octanol–water partition coefficient (Wildman–Crippen LogP) is 1.82. The van der Waals surface area contributed by atoms with Crippen molar-refractivity contribution in [3.05, 3.63) is 29.6 Å². The van der Waals surface area contributed by atoms with Crippen LogP contribution in [0.2, 0.25) is 0 Å². The summed E-state index contributed by atoms with van der Waals surface area (Å²) in [6.45, 7) is 2.57. The third kappa shape index (κ3) is 2.39. The number of nitrogens with one attached hydrogen (secondary N) is 2. The molecule has 1 atom stereocenters. The molecule has 1 fully saturated rings. The van der Waals surface area contributed by atoms with Crippen LogP contribution >= 0.6 is 0 Å². The van der Waals surface area contributed by atoms with Gasteiger partial charge in [0.1, 0.15) is 5.82 Å². The van der Waals surface area contributed by atoms with Gasteiger partial charge in [0.05, 0.1) is 6.04 Å². The topological polar surface area (TPSA) is 41.1 Å². The second kappa shape index (κ2) is 4.61. The molecule has 16 heavy (non-hydrogen) atoms. The minimum Gasteiger partial charge on any atom is -0.325 e. The van der Waals surface area contributed by atoms with Crippen molar-refractivity contribution in [1.29, 1.82) is 0 Å². The van der Waals surface area contributed by atoms with Crippen molar-refractivity contribution >= 4 is 11.6 Å². The smallest absolute Gasteiger partial charge is 0.241 e. The van der Waals surface area contributed by atoms with Crippen LogP contribution in [0.5, 0.6) is 0 Å². The lowest BCUT2D eigenvalue weighted by molar-refractivity contribution is -0.117. The van der Waals surface area contributed by atoms with Crippen LogP contribution in [0.4, 0.5) is 10.1 Å². The molecule has 4 heteroatoms. The second-order valence-corrected chi connectivity index (χ2v) is 4.10. The first-order valence-corrected chi connectivity index (χ1v) is 5.47. The van der Waals surface area contributed by atoms with E-state index in [0.717, 1.165) is 19.4 Å². The zero-order chi connectivity index (χ0) is 11.5. The first-order valence-electron chi connectivity index (χ1n) is 5.47. The van der Waals surface area contributed by atoms with Gasteiger partial charge in [-0.1, -0.05) is 6.07 Å². The van der Waals surface area contributed by atoms with E-state index in [-0.39, 0.29) is 17.8 Å².